The molecule has 1 aliphatic heterocycles. The molecular formula is C20H23N7O3. The fourth-order valence-electron chi connectivity index (χ4n) is 3.44. The van der Waals surface area contributed by atoms with Crippen LogP contribution in [0.3, 0.4) is 0 Å². The number of nitrogens with zero attached hydrogens (tertiary/aromatic N) is 4. The van der Waals surface area contributed by atoms with Gasteiger partial charge in [0.15, 0.2) is 5.82 Å². The van der Waals surface area contributed by atoms with E-state index in [0.29, 0.717) is 47.8 Å². The molecule has 0 spiro atoms. The zero-order chi connectivity index (χ0) is 21.3. The van der Waals surface area contributed by atoms with Crippen molar-refractivity contribution in [3.8, 4) is 22.8 Å². The smallest absolute Gasteiger partial charge is 0.348 e. The molecule has 1 aromatic carbocycles. The third kappa shape index (κ3) is 3.52. The minimum absolute atomic E-state index is 0.127. The lowest BCUT2D eigenvalue weighted by Crippen LogP contribution is -2.36. The third-order valence-corrected chi connectivity index (χ3v) is 5.09. The summed E-state index contributed by atoms with van der Waals surface area (Å²) in [4.78, 5) is 19.1. The van der Waals surface area contributed by atoms with Crippen LogP contribution in [-0.2, 0) is 4.74 Å². The van der Waals surface area contributed by atoms with Crippen LogP contribution in [0.5, 0.6) is 5.75 Å². The average molecular weight is 409 g/mol. The van der Waals surface area contributed by atoms with Crippen LogP contribution in [0.25, 0.3) is 17.1 Å². The Bertz CT molecular complexity index is 1130. The first-order chi connectivity index (χ1) is 14.5. The van der Waals surface area contributed by atoms with Crippen molar-refractivity contribution in [3.63, 3.8) is 0 Å². The van der Waals surface area contributed by atoms with Crippen molar-refractivity contribution in [3.05, 3.63) is 46.5 Å². The van der Waals surface area contributed by atoms with Crippen molar-refractivity contribution < 1.29 is 9.84 Å². The van der Waals surface area contributed by atoms with Gasteiger partial charge in [-0.2, -0.15) is 5.10 Å². The highest BCUT2D eigenvalue weighted by Gasteiger charge is 2.20. The number of morpholine rings is 1. The van der Waals surface area contributed by atoms with Gasteiger partial charge in [0.1, 0.15) is 11.6 Å². The van der Waals surface area contributed by atoms with E-state index in [1.807, 2.05) is 13.0 Å². The number of phenolic OH excluding ortho intramolecular Hbond substituents is 1. The zero-order valence-corrected chi connectivity index (χ0v) is 16.6. The number of H-pyrrole nitrogens is 1. The number of nitrogen functional groups attached to an aromatic ring is 1. The maximum atomic E-state index is 12.5. The zero-order valence-electron chi connectivity index (χ0n) is 16.6. The van der Waals surface area contributed by atoms with Crippen LogP contribution >= 0.6 is 0 Å². The normalized spacial score (nSPS) is 14.1. The standard InChI is InChI=1S/C20H23N7O3/c1-2-15(21)13-9-14(17(28)10-16(13)22)19-24-25-20(29)27(19)12-3-4-18(23-11-12)26-5-7-30-8-6-26/h3-4,9-11,21,28H,2,5-8,22H2,1H3,(H,25,29). The van der Waals surface area contributed by atoms with Crippen molar-refractivity contribution in [2.45, 2.75) is 13.3 Å². The minimum Gasteiger partial charge on any atom is -0.507 e. The number of benzene rings is 1. The molecule has 10 nitrogen and oxygen atoms in total. The average Bonchev–Trinajstić information content (AvgIpc) is 3.15. The number of phenols is 1. The minimum atomic E-state index is -0.464. The maximum Gasteiger partial charge on any atom is 0.348 e. The molecule has 0 bridgehead atoms. The molecule has 0 atom stereocenters. The largest absolute Gasteiger partial charge is 0.507 e. The molecule has 3 aromatic rings. The van der Waals surface area contributed by atoms with Gasteiger partial charge in [-0.3, -0.25) is 0 Å². The Kier molecular flexibility index (Phi) is 5.23. The highest BCUT2D eigenvalue weighted by atomic mass is 16.5. The summed E-state index contributed by atoms with van der Waals surface area (Å²) >= 11 is 0. The lowest BCUT2D eigenvalue weighted by molar-refractivity contribution is 0.122. The second kappa shape index (κ2) is 7.99. The number of anilines is 2. The summed E-state index contributed by atoms with van der Waals surface area (Å²) in [6.45, 7) is 4.67. The summed E-state index contributed by atoms with van der Waals surface area (Å²) in [6, 6.07) is 6.57. The maximum absolute atomic E-state index is 12.5. The number of hydrogen-bond acceptors (Lipinski definition) is 8. The molecule has 156 valence electrons. The topological polar surface area (TPSA) is 146 Å². The number of rotatable bonds is 5. The highest BCUT2D eigenvalue weighted by Crippen LogP contribution is 2.33. The monoisotopic (exact) mass is 409 g/mol. The van der Waals surface area contributed by atoms with E-state index in [2.05, 4.69) is 20.1 Å². The molecular weight excluding hydrogens is 386 g/mol. The van der Waals surface area contributed by atoms with Crippen LogP contribution in [0.4, 0.5) is 11.5 Å². The van der Waals surface area contributed by atoms with Gasteiger partial charge >= 0.3 is 5.69 Å². The van der Waals surface area contributed by atoms with Crippen LogP contribution in [0.15, 0.2) is 35.3 Å². The fourth-order valence-corrected chi connectivity index (χ4v) is 3.44. The molecule has 0 aliphatic carbocycles. The predicted molar refractivity (Wildman–Crippen MR) is 114 cm³/mol. The van der Waals surface area contributed by atoms with E-state index in [1.165, 1.54) is 10.6 Å². The van der Waals surface area contributed by atoms with E-state index in [0.717, 1.165) is 18.9 Å². The number of nitrogens with two attached hydrogens (primary N) is 1. The first-order valence-electron chi connectivity index (χ1n) is 9.66. The number of nitrogens with one attached hydrogen (secondary N) is 2. The molecule has 10 heteroatoms. The molecule has 0 unspecified atom stereocenters. The van der Waals surface area contributed by atoms with Crippen molar-refractivity contribution >= 4 is 17.2 Å². The molecule has 1 aliphatic rings. The Labute approximate surface area is 172 Å². The number of ether oxygens (including phenoxy) is 1. The summed E-state index contributed by atoms with van der Waals surface area (Å²) < 4.78 is 6.70. The number of pyridine rings is 1. The lowest BCUT2D eigenvalue weighted by Gasteiger charge is -2.27. The third-order valence-electron chi connectivity index (χ3n) is 5.09. The van der Waals surface area contributed by atoms with E-state index < -0.39 is 5.69 Å². The van der Waals surface area contributed by atoms with Crippen LogP contribution in [0.2, 0.25) is 0 Å². The Morgan fingerprint density at radius 3 is 2.77 bits per heavy atom. The number of aromatic amines is 1. The summed E-state index contributed by atoms with van der Waals surface area (Å²) in [5, 5.41) is 25.1. The second-order valence-corrected chi connectivity index (χ2v) is 6.95. The van der Waals surface area contributed by atoms with Gasteiger partial charge in [0.25, 0.3) is 0 Å². The van der Waals surface area contributed by atoms with Crippen LogP contribution in [-0.4, -0.2) is 56.9 Å². The Balaban J connectivity index is 1.76. The van der Waals surface area contributed by atoms with Crippen molar-refractivity contribution in [2.24, 2.45) is 0 Å². The first-order valence-corrected chi connectivity index (χ1v) is 9.66. The molecule has 0 amide bonds. The van der Waals surface area contributed by atoms with Crippen LogP contribution in [0, 0.1) is 5.41 Å². The first kappa shape index (κ1) is 19.6. The Hall–Kier alpha value is -3.66. The number of aromatic hydroxyl groups is 1. The second-order valence-electron chi connectivity index (χ2n) is 6.95. The molecule has 4 rings (SSSR count). The van der Waals surface area contributed by atoms with Gasteiger partial charge in [0, 0.05) is 36.1 Å². The van der Waals surface area contributed by atoms with E-state index in [1.54, 1.807) is 18.3 Å². The van der Waals surface area contributed by atoms with Gasteiger partial charge in [-0.1, -0.05) is 6.92 Å². The molecule has 1 saturated heterocycles. The molecule has 2 aromatic heterocycles. The molecule has 30 heavy (non-hydrogen) atoms. The predicted octanol–water partition coefficient (Wildman–Crippen LogP) is 1.52. The van der Waals surface area contributed by atoms with Crippen LogP contribution in [0.1, 0.15) is 18.9 Å². The molecule has 0 saturated carbocycles. The Morgan fingerprint density at radius 1 is 1.33 bits per heavy atom. The summed E-state index contributed by atoms with van der Waals surface area (Å²) in [7, 11) is 0. The van der Waals surface area contributed by atoms with E-state index in [9.17, 15) is 9.90 Å². The number of aromatic nitrogens is 4. The van der Waals surface area contributed by atoms with Crippen LogP contribution < -0.4 is 16.3 Å². The summed E-state index contributed by atoms with van der Waals surface area (Å²) in [6.07, 6.45) is 2.07. The quantitative estimate of drug-likeness (QED) is 0.369. The Morgan fingerprint density at radius 2 is 2.10 bits per heavy atom. The van der Waals surface area contributed by atoms with Gasteiger partial charge in [0.05, 0.1) is 30.7 Å². The summed E-state index contributed by atoms with van der Waals surface area (Å²) in [5.41, 5.74) is 7.42. The van der Waals surface area contributed by atoms with E-state index in [-0.39, 0.29) is 11.6 Å². The molecule has 5 N–H and O–H groups in total. The van der Waals surface area contributed by atoms with E-state index in [4.69, 9.17) is 15.9 Å². The molecule has 1 fully saturated rings. The van der Waals surface area contributed by atoms with Gasteiger partial charge in [0.2, 0.25) is 0 Å². The van der Waals surface area contributed by atoms with Gasteiger partial charge in [-0.15, -0.1) is 0 Å². The highest BCUT2D eigenvalue weighted by molar-refractivity contribution is 6.04. The summed E-state index contributed by atoms with van der Waals surface area (Å²) in [5.74, 6) is 0.885. The fraction of sp³-hybridized carbons (Fsp3) is 0.300. The van der Waals surface area contributed by atoms with Crippen molar-refractivity contribution in [2.75, 3.05) is 36.9 Å². The van der Waals surface area contributed by atoms with E-state index >= 15 is 0 Å². The van der Waals surface area contributed by atoms with Gasteiger partial charge in [-0.05, 0) is 24.6 Å². The van der Waals surface area contributed by atoms with Crippen molar-refractivity contribution in [1.29, 1.82) is 5.41 Å². The van der Waals surface area contributed by atoms with Gasteiger partial charge < -0.3 is 25.9 Å². The number of hydrogen-bond donors (Lipinski definition) is 4. The lowest BCUT2D eigenvalue weighted by atomic mass is 10.0. The SMILES string of the molecule is CCC(=N)c1cc(-c2n[nH]c(=O)n2-c2ccc(N3CCOCC3)nc2)c(O)cc1N. The molecule has 3 heterocycles. The molecule has 0 radical (unpaired) electrons. The van der Waals surface area contributed by atoms with Gasteiger partial charge in [-0.25, -0.2) is 19.4 Å². The van der Waals surface area contributed by atoms with Crippen molar-refractivity contribution in [1.82, 2.24) is 19.7 Å².